The molecule has 1 fully saturated rings. The number of sulfonamides is 1. The summed E-state index contributed by atoms with van der Waals surface area (Å²) in [5.41, 5.74) is 1.07. The molecule has 0 unspecified atom stereocenters. The van der Waals surface area contributed by atoms with Crippen LogP contribution in [0.2, 0.25) is 0 Å². The minimum absolute atomic E-state index is 0.111. The minimum Gasteiger partial charge on any atom is -0.484 e. The molecule has 166 valence electrons. The monoisotopic (exact) mass is 445 g/mol. The van der Waals surface area contributed by atoms with Gasteiger partial charge >= 0.3 is 0 Å². The SMILES string of the molecule is CCC(=O)Nc1cccc(OCC(=O)Nc2ccc(S(=O)(=O)N3CCCCC3)cc2)c1. The van der Waals surface area contributed by atoms with E-state index in [2.05, 4.69) is 10.6 Å². The van der Waals surface area contributed by atoms with Crippen LogP contribution in [0.4, 0.5) is 11.4 Å². The lowest BCUT2D eigenvalue weighted by Crippen LogP contribution is -2.35. The van der Waals surface area contributed by atoms with Gasteiger partial charge < -0.3 is 15.4 Å². The van der Waals surface area contributed by atoms with Gasteiger partial charge in [-0.2, -0.15) is 4.31 Å². The molecule has 8 nitrogen and oxygen atoms in total. The molecule has 31 heavy (non-hydrogen) atoms. The molecule has 2 amide bonds. The van der Waals surface area contributed by atoms with Crippen LogP contribution in [0.3, 0.4) is 0 Å². The Kier molecular flexibility index (Phi) is 7.64. The Morgan fingerprint density at radius 1 is 0.935 bits per heavy atom. The Balaban J connectivity index is 1.54. The highest BCUT2D eigenvalue weighted by Gasteiger charge is 2.25. The number of ether oxygens (including phenoxy) is 1. The molecular formula is C22H27N3O5S. The Hall–Kier alpha value is -2.91. The molecule has 1 aliphatic rings. The third-order valence-electron chi connectivity index (χ3n) is 4.90. The largest absolute Gasteiger partial charge is 0.484 e. The van der Waals surface area contributed by atoms with Crippen LogP contribution in [-0.2, 0) is 19.6 Å². The van der Waals surface area contributed by atoms with E-state index in [9.17, 15) is 18.0 Å². The molecular weight excluding hydrogens is 418 g/mol. The average Bonchev–Trinajstić information content (AvgIpc) is 2.79. The zero-order valence-electron chi connectivity index (χ0n) is 17.5. The van der Waals surface area contributed by atoms with Gasteiger partial charge in [-0.25, -0.2) is 8.42 Å². The van der Waals surface area contributed by atoms with E-state index in [-0.39, 0.29) is 23.3 Å². The number of hydrogen-bond acceptors (Lipinski definition) is 5. The summed E-state index contributed by atoms with van der Waals surface area (Å²) in [6.45, 7) is 2.62. The van der Waals surface area contributed by atoms with E-state index in [1.165, 1.54) is 16.4 Å². The van der Waals surface area contributed by atoms with Crippen LogP contribution in [0.15, 0.2) is 53.4 Å². The third-order valence-corrected chi connectivity index (χ3v) is 6.81. The predicted octanol–water partition coefficient (Wildman–Crippen LogP) is 3.23. The van der Waals surface area contributed by atoms with Gasteiger partial charge in [-0.1, -0.05) is 19.4 Å². The molecule has 9 heteroatoms. The van der Waals surface area contributed by atoms with Gasteiger partial charge in [0.05, 0.1) is 4.90 Å². The molecule has 1 aliphatic heterocycles. The quantitative estimate of drug-likeness (QED) is 0.649. The fourth-order valence-electron chi connectivity index (χ4n) is 3.22. The van der Waals surface area contributed by atoms with E-state index in [4.69, 9.17) is 4.74 Å². The van der Waals surface area contributed by atoms with Gasteiger partial charge in [0.1, 0.15) is 5.75 Å². The van der Waals surface area contributed by atoms with E-state index in [1.54, 1.807) is 43.3 Å². The van der Waals surface area contributed by atoms with Crippen molar-refractivity contribution in [2.75, 3.05) is 30.3 Å². The first kappa shape index (κ1) is 22.8. The van der Waals surface area contributed by atoms with Crippen molar-refractivity contribution in [3.8, 4) is 5.75 Å². The van der Waals surface area contributed by atoms with Gasteiger partial charge in [-0.15, -0.1) is 0 Å². The number of rotatable bonds is 8. The van der Waals surface area contributed by atoms with Crippen molar-refractivity contribution in [3.63, 3.8) is 0 Å². The second kappa shape index (κ2) is 10.4. The fraction of sp³-hybridized carbons (Fsp3) is 0.364. The summed E-state index contributed by atoms with van der Waals surface area (Å²) in [4.78, 5) is 23.9. The smallest absolute Gasteiger partial charge is 0.262 e. The van der Waals surface area contributed by atoms with E-state index >= 15 is 0 Å². The topological polar surface area (TPSA) is 105 Å². The van der Waals surface area contributed by atoms with Gasteiger partial charge in [-0.3, -0.25) is 9.59 Å². The average molecular weight is 446 g/mol. The highest BCUT2D eigenvalue weighted by molar-refractivity contribution is 7.89. The van der Waals surface area contributed by atoms with E-state index in [0.717, 1.165) is 19.3 Å². The molecule has 0 aromatic heterocycles. The summed E-state index contributed by atoms with van der Waals surface area (Å²) < 4.78 is 32.4. The Bertz CT molecular complexity index is 1020. The number of nitrogens with one attached hydrogen (secondary N) is 2. The van der Waals surface area contributed by atoms with Crippen molar-refractivity contribution in [2.45, 2.75) is 37.5 Å². The summed E-state index contributed by atoms with van der Waals surface area (Å²) in [7, 11) is -3.50. The standard InChI is InChI=1S/C22H27N3O5S/c1-2-21(26)24-18-7-6-8-19(15-18)30-16-22(27)23-17-9-11-20(12-10-17)31(28,29)25-13-4-3-5-14-25/h6-12,15H,2-5,13-14,16H2,1H3,(H,23,27)(H,24,26). The molecule has 0 saturated carbocycles. The van der Waals surface area contributed by atoms with E-state index < -0.39 is 10.0 Å². The molecule has 0 aliphatic carbocycles. The summed E-state index contributed by atoms with van der Waals surface area (Å²) in [6.07, 6.45) is 3.17. The molecule has 0 spiro atoms. The van der Waals surface area contributed by atoms with E-state index in [1.807, 2.05) is 0 Å². The minimum atomic E-state index is -3.50. The molecule has 1 heterocycles. The zero-order chi connectivity index (χ0) is 22.3. The lowest BCUT2D eigenvalue weighted by molar-refractivity contribution is -0.118. The second-order valence-corrected chi connectivity index (χ2v) is 9.19. The maximum absolute atomic E-state index is 12.7. The summed E-state index contributed by atoms with van der Waals surface area (Å²) in [6, 6.07) is 12.9. The van der Waals surface area contributed by atoms with Crippen LogP contribution in [-0.4, -0.2) is 44.2 Å². The number of carbonyl (C=O) groups is 2. The van der Waals surface area contributed by atoms with Gasteiger partial charge in [0.15, 0.2) is 6.61 Å². The molecule has 0 radical (unpaired) electrons. The molecule has 2 aromatic rings. The van der Waals surface area contributed by atoms with Crippen molar-refractivity contribution < 1.29 is 22.7 Å². The highest BCUT2D eigenvalue weighted by atomic mass is 32.2. The Morgan fingerprint density at radius 2 is 1.61 bits per heavy atom. The van der Waals surface area contributed by atoms with Gasteiger partial charge in [0.2, 0.25) is 15.9 Å². The van der Waals surface area contributed by atoms with Gasteiger partial charge in [0, 0.05) is 37.0 Å². The Morgan fingerprint density at radius 3 is 2.29 bits per heavy atom. The number of amides is 2. The zero-order valence-corrected chi connectivity index (χ0v) is 18.3. The third kappa shape index (κ3) is 6.28. The van der Waals surface area contributed by atoms with Crippen LogP contribution >= 0.6 is 0 Å². The van der Waals surface area contributed by atoms with Crippen LogP contribution in [0.25, 0.3) is 0 Å². The maximum Gasteiger partial charge on any atom is 0.262 e. The number of hydrogen-bond donors (Lipinski definition) is 2. The number of benzene rings is 2. The number of piperidine rings is 1. The number of anilines is 2. The number of nitrogens with zero attached hydrogens (tertiary/aromatic N) is 1. The first-order valence-electron chi connectivity index (χ1n) is 10.3. The lowest BCUT2D eigenvalue weighted by atomic mass is 10.2. The predicted molar refractivity (Wildman–Crippen MR) is 119 cm³/mol. The Labute approximate surface area is 182 Å². The fourth-order valence-corrected chi connectivity index (χ4v) is 4.74. The first-order chi connectivity index (χ1) is 14.9. The molecule has 0 bridgehead atoms. The van der Waals surface area contributed by atoms with Crippen LogP contribution in [0, 0.1) is 0 Å². The first-order valence-corrected chi connectivity index (χ1v) is 11.8. The molecule has 3 rings (SSSR count). The highest BCUT2D eigenvalue weighted by Crippen LogP contribution is 2.22. The van der Waals surface area contributed by atoms with Crippen molar-refractivity contribution in [1.82, 2.24) is 4.31 Å². The van der Waals surface area contributed by atoms with Crippen molar-refractivity contribution in [1.29, 1.82) is 0 Å². The molecule has 1 saturated heterocycles. The summed E-state index contributed by atoms with van der Waals surface area (Å²) in [5.74, 6) is -0.0395. The molecule has 2 N–H and O–H groups in total. The van der Waals surface area contributed by atoms with Crippen molar-refractivity contribution in [3.05, 3.63) is 48.5 Å². The second-order valence-electron chi connectivity index (χ2n) is 7.26. The van der Waals surface area contributed by atoms with Crippen LogP contribution < -0.4 is 15.4 Å². The lowest BCUT2D eigenvalue weighted by Gasteiger charge is -2.25. The normalized spacial score (nSPS) is 14.6. The maximum atomic E-state index is 12.7. The molecule has 2 aromatic carbocycles. The summed E-state index contributed by atoms with van der Waals surface area (Å²) >= 11 is 0. The molecule has 0 atom stereocenters. The van der Waals surface area contributed by atoms with Crippen LogP contribution in [0.5, 0.6) is 5.75 Å². The van der Waals surface area contributed by atoms with Gasteiger partial charge in [0.25, 0.3) is 5.91 Å². The summed E-state index contributed by atoms with van der Waals surface area (Å²) in [5, 5.41) is 5.41. The van der Waals surface area contributed by atoms with Crippen LogP contribution in [0.1, 0.15) is 32.6 Å². The van der Waals surface area contributed by atoms with Gasteiger partial charge in [-0.05, 0) is 49.2 Å². The van der Waals surface area contributed by atoms with Crippen molar-refractivity contribution >= 4 is 33.2 Å². The van der Waals surface area contributed by atoms with E-state index in [0.29, 0.717) is 36.6 Å². The number of carbonyl (C=O) groups excluding carboxylic acids is 2. The van der Waals surface area contributed by atoms with Crippen molar-refractivity contribution in [2.24, 2.45) is 0 Å².